The van der Waals surface area contributed by atoms with Crippen LogP contribution in [0, 0.1) is 0 Å². The molecular formula is C12H13NO3. The maximum atomic E-state index is 10.7. The average molecular weight is 219 g/mol. The third kappa shape index (κ3) is 2.48. The molecule has 0 amide bonds. The van der Waals surface area contributed by atoms with E-state index in [-0.39, 0.29) is 11.5 Å². The van der Waals surface area contributed by atoms with Crippen molar-refractivity contribution in [3.63, 3.8) is 0 Å². The van der Waals surface area contributed by atoms with Crippen molar-refractivity contribution < 1.29 is 14.3 Å². The smallest absolute Gasteiger partial charge is 0.358 e. The normalized spacial score (nSPS) is 9.12. The number of aromatic nitrogens is 1. The molecule has 84 valence electrons. The lowest BCUT2D eigenvalue weighted by atomic mass is 10.1. The summed E-state index contributed by atoms with van der Waals surface area (Å²) in [6.07, 6.45) is 1.13. The van der Waals surface area contributed by atoms with Crippen LogP contribution < -0.4 is 0 Å². The van der Waals surface area contributed by atoms with Crippen LogP contribution in [0.1, 0.15) is 24.3 Å². The monoisotopic (exact) mass is 219 g/mol. The lowest BCUT2D eigenvalue weighted by Crippen LogP contribution is -1.98. The van der Waals surface area contributed by atoms with Crippen molar-refractivity contribution in [2.45, 2.75) is 13.8 Å². The average Bonchev–Trinajstić information content (AvgIpc) is 2.82. The summed E-state index contributed by atoms with van der Waals surface area (Å²) in [7, 11) is 0. The highest BCUT2D eigenvalue weighted by molar-refractivity contribution is 5.91. The Kier molecular flexibility index (Phi) is 4.27. The number of oxazole rings is 1. The number of hydrogen-bond acceptors (Lipinski definition) is 3. The predicted molar refractivity (Wildman–Crippen MR) is 60.2 cm³/mol. The van der Waals surface area contributed by atoms with Crippen LogP contribution in [-0.2, 0) is 0 Å². The molecule has 0 fully saturated rings. The first kappa shape index (κ1) is 12.0. The van der Waals surface area contributed by atoms with Crippen molar-refractivity contribution >= 4 is 5.97 Å². The number of benzene rings is 1. The number of carboxylic acids is 1. The topological polar surface area (TPSA) is 63.3 Å². The van der Waals surface area contributed by atoms with Gasteiger partial charge in [-0.15, -0.1) is 0 Å². The van der Waals surface area contributed by atoms with Gasteiger partial charge in [0.25, 0.3) is 0 Å². The number of carboxylic acid groups (broad SMARTS) is 1. The van der Waals surface area contributed by atoms with Gasteiger partial charge in [-0.25, -0.2) is 9.78 Å². The molecule has 0 saturated carbocycles. The molecule has 0 bridgehead atoms. The first-order chi connectivity index (χ1) is 7.79. The highest BCUT2D eigenvalue weighted by Crippen LogP contribution is 2.22. The molecule has 0 atom stereocenters. The Morgan fingerprint density at radius 3 is 2.44 bits per heavy atom. The molecule has 0 aliphatic carbocycles. The lowest BCUT2D eigenvalue weighted by Gasteiger charge is -1.95. The second kappa shape index (κ2) is 5.70. The van der Waals surface area contributed by atoms with Crippen LogP contribution in [0.3, 0.4) is 0 Å². The van der Waals surface area contributed by atoms with Crippen LogP contribution >= 0.6 is 0 Å². The van der Waals surface area contributed by atoms with Gasteiger partial charge in [0.1, 0.15) is 0 Å². The largest absolute Gasteiger partial charge is 0.476 e. The highest BCUT2D eigenvalue weighted by atomic mass is 16.4. The Morgan fingerprint density at radius 1 is 1.25 bits per heavy atom. The van der Waals surface area contributed by atoms with Crippen LogP contribution in [0.25, 0.3) is 11.3 Å². The van der Waals surface area contributed by atoms with E-state index in [4.69, 9.17) is 9.52 Å². The van der Waals surface area contributed by atoms with E-state index in [1.807, 2.05) is 32.0 Å². The van der Waals surface area contributed by atoms with Crippen molar-refractivity contribution in [2.75, 3.05) is 0 Å². The first-order valence-electron chi connectivity index (χ1n) is 5.01. The van der Waals surface area contributed by atoms with Crippen LogP contribution in [0.5, 0.6) is 0 Å². The molecule has 0 aliphatic heterocycles. The summed E-state index contributed by atoms with van der Waals surface area (Å²) in [5.74, 6) is -0.796. The van der Waals surface area contributed by atoms with Gasteiger partial charge in [0, 0.05) is 5.56 Å². The molecule has 1 heterocycles. The summed E-state index contributed by atoms with van der Waals surface area (Å²) < 4.78 is 5.02. The zero-order valence-electron chi connectivity index (χ0n) is 9.18. The van der Waals surface area contributed by atoms with E-state index in [1.54, 1.807) is 12.1 Å². The van der Waals surface area contributed by atoms with E-state index in [0.29, 0.717) is 5.56 Å². The fourth-order valence-corrected chi connectivity index (χ4v) is 1.19. The van der Waals surface area contributed by atoms with Crippen molar-refractivity contribution in [3.8, 4) is 11.3 Å². The van der Waals surface area contributed by atoms with Crippen LogP contribution in [0.2, 0.25) is 0 Å². The Morgan fingerprint density at radius 2 is 1.88 bits per heavy atom. The van der Waals surface area contributed by atoms with Gasteiger partial charge in [0.15, 0.2) is 17.8 Å². The standard InChI is InChI=1S/C10H7NO3.C2H6/c12-10(13)8-9(14-6-11-8)7-4-2-1-3-5-7;1-2/h1-6H,(H,12,13);1-2H3. The SMILES string of the molecule is CC.O=C(O)c1ncoc1-c1ccccc1. The van der Waals surface area contributed by atoms with E-state index in [0.717, 1.165) is 6.39 Å². The second-order valence-electron chi connectivity index (χ2n) is 2.70. The van der Waals surface area contributed by atoms with Gasteiger partial charge in [-0.3, -0.25) is 0 Å². The Hall–Kier alpha value is -2.10. The number of nitrogens with zero attached hydrogens (tertiary/aromatic N) is 1. The van der Waals surface area contributed by atoms with Gasteiger partial charge in [-0.2, -0.15) is 0 Å². The van der Waals surface area contributed by atoms with Gasteiger partial charge < -0.3 is 9.52 Å². The summed E-state index contributed by atoms with van der Waals surface area (Å²) in [5.41, 5.74) is 0.651. The molecular weight excluding hydrogens is 206 g/mol. The summed E-state index contributed by atoms with van der Waals surface area (Å²) in [6, 6.07) is 9.01. The van der Waals surface area contributed by atoms with E-state index < -0.39 is 5.97 Å². The van der Waals surface area contributed by atoms with Crippen LogP contribution in [0.15, 0.2) is 41.1 Å². The maximum absolute atomic E-state index is 10.7. The molecule has 2 rings (SSSR count). The van der Waals surface area contributed by atoms with E-state index in [9.17, 15) is 4.79 Å². The molecule has 0 unspecified atom stereocenters. The molecule has 2 aromatic rings. The van der Waals surface area contributed by atoms with Crippen molar-refractivity contribution in [1.29, 1.82) is 0 Å². The van der Waals surface area contributed by atoms with Gasteiger partial charge >= 0.3 is 5.97 Å². The molecule has 0 radical (unpaired) electrons. The molecule has 4 heteroatoms. The summed E-state index contributed by atoms with van der Waals surface area (Å²) in [6.45, 7) is 4.00. The molecule has 4 nitrogen and oxygen atoms in total. The zero-order valence-corrected chi connectivity index (χ0v) is 9.18. The Labute approximate surface area is 93.6 Å². The van der Waals surface area contributed by atoms with Crippen molar-refractivity contribution in [2.24, 2.45) is 0 Å². The molecule has 0 saturated heterocycles. The van der Waals surface area contributed by atoms with Crippen molar-refractivity contribution in [3.05, 3.63) is 42.4 Å². The molecule has 0 spiro atoms. The molecule has 1 N–H and O–H groups in total. The van der Waals surface area contributed by atoms with Crippen LogP contribution in [0.4, 0.5) is 0 Å². The third-order valence-electron chi connectivity index (χ3n) is 1.81. The quantitative estimate of drug-likeness (QED) is 0.843. The van der Waals surface area contributed by atoms with E-state index >= 15 is 0 Å². The minimum absolute atomic E-state index is 0.0591. The number of carbonyl (C=O) groups is 1. The van der Waals surface area contributed by atoms with Gasteiger partial charge in [-0.05, 0) is 0 Å². The zero-order chi connectivity index (χ0) is 12.0. The molecule has 16 heavy (non-hydrogen) atoms. The minimum atomic E-state index is -1.09. The van der Waals surface area contributed by atoms with Crippen LogP contribution in [-0.4, -0.2) is 16.1 Å². The lowest BCUT2D eigenvalue weighted by molar-refractivity contribution is 0.0691. The summed E-state index contributed by atoms with van der Waals surface area (Å²) >= 11 is 0. The molecule has 1 aromatic carbocycles. The van der Waals surface area contributed by atoms with Gasteiger partial charge in [0.05, 0.1) is 0 Å². The van der Waals surface area contributed by atoms with Gasteiger partial charge in [0.2, 0.25) is 0 Å². The number of aromatic carboxylic acids is 1. The highest BCUT2D eigenvalue weighted by Gasteiger charge is 2.16. The Balaban J connectivity index is 0.000000606. The third-order valence-corrected chi connectivity index (χ3v) is 1.81. The molecule has 1 aromatic heterocycles. The summed E-state index contributed by atoms with van der Waals surface area (Å²) in [5, 5.41) is 8.79. The second-order valence-corrected chi connectivity index (χ2v) is 2.70. The minimum Gasteiger partial charge on any atom is -0.476 e. The molecule has 0 aliphatic rings. The van der Waals surface area contributed by atoms with Crippen molar-refractivity contribution in [1.82, 2.24) is 4.98 Å². The Bertz CT molecular complexity index is 448. The fourth-order valence-electron chi connectivity index (χ4n) is 1.19. The maximum Gasteiger partial charge on any atom is 0.358 e. The predicted octanol–water partition coefficient (Wildman–Crippen LogP) is 3.07. The number of hydrogen-bond donors (Lipinski definition) is 1. The fraction of sp³-hybridized carbons (Fsp3) is 0.167. The van der Waals surface area contributed by atoms with Gasteiger partial charge in [-0.1, -0.05) is 44.2 Å². The first-order valence-corrected chi connectivity index (χ1v) is 5.01. The summed E-state index contributed by atoms with van der Waals surface area (Å²) in [4.78, 5) is 14.4. The number of rotatable bonds is 2. The van der Waals surface area contributed by atoms with E-state index in [1.165, 1.54) is 0 Å². The van der Waals surface area contributed by atoms with E-state index in [2.05, 4.69) is 4.98 Å².